The topological polar surface area (TPSA) is 41.5 Å². The predicted molar refractivity (Wildman–Crippen MR) is 94.0 cm³/mol. The van der Waals surface area contributed by atoms with Crippen LogP contribution in [0.5, 0.6) is 0 Å². The highest BCUT2D eigenvalue weighted by Crippen LogP contribution is 2.40. The maximum absolute atomic E-state index is 6.31. The minimum atomic E-state index is -0.151. The number of piperidine rings is 1. The molecule has 0 amide bonds. The van der Waals surface area contributed by atoms with Gasteiger partial charge in [0.1, 0.15) is 11.4 Å². The zero-order valence-electron chi connectivity index (χ0n) is 15.1. The Hall–Kier alpha value is -1.04. The number of ether oxygens (including phenoxy) is 1. The molecule has 0 aromatic carbocycles. The fraction of sp³-hybridized carbons (Fsp3) is 0.789. The first kappa shape index (κ1) is 16.4. The number of hydrogen-bond acceptors (Lipinski definition) is 5. The molecule has 0 radical (unpaired) electrons. The molecule has 0 aliphatic carbocycles. The van der Waals surface area contributed by atoms with Gasteiger partial charge in [0.25, 0.3) is 0 Å². The van der Waals surface area contributed by atoms with E-state index in [1.165, 1.54) is 43.6 Å². The van der Waals surface area contributed by atoms with E-state index >= 15 is 0 Å². The van der Waals surface area contributed by atoms with Crippen LogP contribution in [-0.2, 0) is 16.8 Å². The molecule has 132 valence electrons. The largest absolute Gasteiger partial charge is 0.368 e. The number of rotatable bonds is 3. The molecule has 1 spiro atoms. The molecule has 24 heavy (non-hydrogen) atoms. The number of fused-ring (bicyclic) bond motifs is 2. The molecule has 1 unspecified atom stereocenters. The third kappa shape index (κ3) is 3.09. The van der Waals surface area contributed by atoms with Crippen LogP contribution in [0.15, 0.2) is 6.20 Å². The summed E-state index contributed by atoms with van der Waals surface area (Å²) >= 11 is 0. The Morgan fingerprint density at radius 3 is 2.88 bits per heavy atom. The van der Waals surface area contributed by atoms with Crippen LogP contribution in [0.25, 0.3) is 0 Å². The second-order valence-corrected chi connectivity index (χ2v) is 7.79. The highest BCUT2D eigenvalue weighted by molar-refractivity contribution is 5.27. The van der Waals surface area contributed by atoms with Gasteiger partial charge in [-0.3, -0.25) is 0 Å². The third-order valence-electron chi connectivity index (χ3n) is 6.28. The van der Waals surface area contributed by atoms with Crippen molar-refractivity contribution in [3.8, 4) is 0 Å². The number of likely N-dealkylation sites (tertiary alicyclic amines) is 2. The van der Waals surface area contributed by atoms with Gasteiger partial charge in [0.05, 0.1) is 12.3 Å². The average molecular weight is 330 g/mol. The maximum Gasteiger partial charge on any atom is 0.125 e. The van der Waals surface area contributed by atoms with Gasteiger partial charge in [-0.1, -0.05) is 0 Å². The molecule has 3 aliphatic heterocycles. The van der Waals surface area contributed by atoms with Crippen molar-refractivity contribution >= 4 is 0 Å². The Bertz CT molecular complexity index is 583. The summed E-state index contributed by atoms with van der Waals surface area (Å²) in [6, 6.07) is 0.794. The van der Waals surface area contributed by atoms with Crippen molar-refractivity contribution in [2.24, 2.45) is 0 Å². The Balaban J connectivity index is 1.39. The van der Waals surface area contributed by atoms with Crippen molar-refractivity contribution in [3.63, 3.8) is 0 Å². The van der Waals surface area contributed by atoms with Gasteiger partial charge in [-0.05, 0) is 71.1 Å². The lowest BCUT2D eigenvalue weighted by molar-refractivity contribution is -0.102. The lowest BCUT2D eigenvalue weighted by Crippen LogP contribution is -2.48. The van der Waals surface area contributed by atoms with Gasteiger partial charge >= 0.3 is 0 Å². The van der Waals surface area contributed by atoms with E-state index in [0.29, 0.717) is 0 Å². The normalized spacial score (nSPS) is 27.5. The summed E-state index contributed by atoms with van der Waals surface area (Å²) in [5.74, 6) is 0.866. The monoisotopic (exact) mass is 330 g/mol. The summed E-state index contributed by atoms with van der Waals surface area (Å²) in [6.45, 7) is 7.54. The van der Waals surface area contributed by atoms with E-state index in [-0.39, 0.29) is 5.60 Å². The van der Waals surface area contributed by atoms with Gasteiger partial charge in [0, 0.05) is 25.3 Å². The quantitative estimate of drug-likeness (QED) is 0.849. The lowest BCUT2D eigenvalue weighted by Gasteiger charge is -2.44. The van der Waals surface area contributed by atoms with E-state index in [4.69, 9.17) is 9.72 Å². The van der Waals surface area contributed by atoms with Crippen LogP contribution in [0.3, 0.4) is 0 Å². The second-order valence-electron chi connectivity index (χ2n) is 7.79. The van der Waals surface area contributed by atoms with Gasteiger partial charge in [0.2, 0.25) is 0 Å². The molecule has 1 atom stereocenters. The second kappa shape index (κ2) is 6.70. The minimum Gasteiger partial charge on any atom is -0.368 e. The van der Waals surface area contributed by atoms with Crippen molar-refractivity contribution in [2.45, 2.75) is 57.1 Å². The van der Waals surface area contributed by atoms with Crippen molar-refractivity contribution in [3.05, 3.63) is 23.3 Å². The van der Waals surface area contributed by atoms with E-state index in [9.17, 15) is 0 Å². The summed E-state index contributed by atoms with van der Waals surface area (Å²) < 4.78 is 6.31. The number of hydrogen-bond donors (Lipinski definition) is 0. The van der Waals surface area contributed by atoms with Gasteiger partial charge in [-0.25, -0.2) is 9.97 Å². The molecule has 0 N–H and O–H groups in total. The smallest absolute Gasteiger partial charge is 0.125 e. The first-order valence-electron chi connectivity index (χ1n) is 9.56. The maximum atomic E-state index is 6.31. The number of aryl methyl sites for hydroxylation is 1. The van der Waals surface area contributed by atoms with Crippen LogP contribution in [0.4, 0.5) is 0 Å². The van der Waals surface area contributed by atoms with Gasteiger partial charge < -0.3 is 14.5 Å². The summed E-state index contributed by atoms with van der Waals surface area (Å²) in [6.07, 6.45) is 9.16. The molecule has 0 bridgehead atoms. The van der Waals surface area contributed by atoms with E-state index in [0.717, 1.165) is 50.8 Å². The summed E-state index contributed by atoms with van der Waals surface area (Å²) in [7, 11) is 2.28. The molecule has 0 saturated carbocycles. The molecule has 2 fully saturated rings. The fourth-order valence-corrected chi connectivity index (χ4v) is 4.69. The van der Waals surface area contributed by atoms with Crippen LogP contribution in [0.1, 0.15) is 49.2 Å². The Morgan fingerprint density at radius 1 is 1.29 bits per heavy atom. The zero-order chi connectivity index (χ0) is 16.6. The molecular weight excluding hydrogens is 300 g/mol. The van der Waals surface area contributed by atoms with E-state index in [1.54, 1.807) is 0 Å². The number of aromatic nitrogens is 2. The molecule has 1 aromatic heterocycles. The summed E-state index contributed by atoms with van der Waals surface area (Å²) in [4.78, 5) is 14.3. The van der Waals surface area contributed by atoms with Crippen LogP contribution < -0.4 is 0 Å². The van der Waals surface area contributed by atoms with Crippen molar-refractivity contribution in [2.75, 3.05) is 39.8 Å². The predicted octanol–water partition coefficient (Wildman–Crippen LogP) is 2.13. The third-order valence-corrected chi connectivity index (χ3v) is 6.28. The molecule has 3 aliphatic rings. The highest BCUT2D eigenvalue weighted by Gasteiger charge is 2.42. The highest BCUT2D eigenvalue weighted by atomic mass is 16.5. The number of nitrogens with zero attached hydrogens (tertiary/aromatic N) is 4. The molecular formula is C19H30N4O. The Kier molecular flexibility index (Phi) is 4.58. The first-order chi connectivity index (χ1) is 11.7. The van der Waals surface area contributed by atoms with E-state index < -0.39 is 0 Å². The molecule has 5 heteroatoms. The van der Waals surface area contributed by atoms with Crippen LogP contribution in [0.2, 0.25) is 0 Å². The van der Waals surface area contributed by atoms with Crippen molar-refractivity contribution in [1.29, 1.82) is 0 Å². The molecule has 2 saturated heterocycles. The lowest BCUT2D eigenvalue weighted by atomic mass is 9.83. The first-order valence-corrected chi connectivity index (χ1v) is 9.56. The molecule has 4 heterocycles. The van der Waals surface area contributed by atoms with Crippen LogP contribution in [0, 0.1) is 6.92 Å². The summed E-state index contributed by atoms with van der Waals surface area (Å²) in [5.41, 5.74) is 2.33. The standard InChI is InChI=1S/C19H30N4O/c1-15-20-14-16-6-13-24-19(18(16)21-15)7-11-23(12-8-19)10-5-17-4-3-9-22(17)2/h14,17H,3-13H2,1-2H3. The molecule has 1 aromatic rings. The van der Waals surface area contributed by atoms with E-state index in [2.05, 4.69) is 21.8 Å². The SMILES string of the molecule is Cc1ncc2c(n1)C1(CCN(CCC3CCCN3C)CC1)OCC2. The van der Waals surface area contributed by atoms with Gasteiger partial charge in [-0.15, -0.1) is 0 Å². The van der Waals surface area contributed by atoms with Crippen LogP contribution in [-0.4, -0.2) is 65.6 Å². The fourth-order valence-electron chi connectivity index (χ4n) is 4.69. The minimum absolute atomic E-state index is 0.151. The Labute approximate surface area is 145 Å². The Morgan fingerprint density at radius 2 is 2.12 bits per heavy atom. The molecule has 5 nitrogen and oxygen atoms in total. The van der Waals surface area contributed by atoms with Crippen molar-refractivity contribution in [1.82, 2.24) is 19.8 Å². The van der Waals surface area contributed by atoms with Gasteiger partial charge in [0.15, 0.2) is 0 Å². The average Bonchev–Trinajstić information content (AvgIpc) is 3.00. The van der Waals surface area contributed by atoms with Crippen molar-refractivity contribution < 1.29 is 4.74 Å². The summed E-state index contributed by atoms with van der Waals surface area (Å²) in [5, 5.41) is 0. The van der Waals surface area contributed by atoms with Gasteiger partial charge in [-0.2, -0.15) is 0 Å². The van der Waals surface area contributed by atoms with E-state index in [1.807, 2.05) is 13.1 Å². The van der Waals surface area contributed by atoms with Crippen LogP contribution >= 0.6 is 0 Å². The zero-order valence-corrected chi connectivity index (χ0v) is 15.1. The molecule has 4 rings (SSSR count).